The van der Waals surface area contributed by atoms with Gasteiger partial charge in [-0.25, -0.2) is 0 Å². The minimum Gasteiger partial charge on any atom is -0.462 e. The van der Waals surface area contributed by atoms with Crippen LogP contribution in [0.3, 0.4) is 0 Å². The normalized spacial score (nSPS) is 20.9. The number of carbonyl (C=O) groups excluding carboxylic acids is 1. The molecule has 144 valence electrons. The van der Waals surface area contributed by atoms with Crippen LogP contribution in [0.25, 0.3) is 6.08 Å². The number of para-hydroxylation sites is 2. The molecule has 0 aliphatic carbocycles. The maximum Gasteiger partial charge on any atom is 0.211 e. The van der Waals surface area contributed by atoms with Crippen LogP contribution in [-0.2, 0) is 5.41 Å². The molecule has 0 N–H and O–H groups in total. The topological polar surface area (TPSA) is 29.5 Å². The lowest BCUT2D eigenvalue weighted by molar-refractivity contribution is 0.0568. The number of hydrogen-bond donors (Lipinski definition) is 0. The van der Waals surface area contributed by atoms with Crippen molar-refractivity contribution in [2.45, 2.75) is 25.0 Å². The number of rotatable bonds is 2. The zero-order valence-electron chi connectivity index (χ0n) is 16.8. The van der Waals surface area contributed by atoms with Crippen molar-refractivity contribution in [3.8, 4) is 5.75 Å². The van der Waals surface area contributed by atoms with Gasteiger partial charge in [0.25, 0.3) is 0 Å². The van der Waals surface area contributed by atoms with E-state index in [1.807, 2.05) is 48.5 Å². The van der Waals surface area contributed by atoms with Gasteiger partial charge in [0.05, 0.1) is 11.0 Å². The van der Waals surface area contributed by atoms with E-state index in [0.29, 0.717) is 16.9 Å². The average molecular weight is 381 g/mol. The van der Waals surface area contributed by atoms with Crippen molar-refractivity contribution in [2.75, 3.05) is 11.9 Å². The van der Waals surface area contributed by atoms with Crippen LogP contribution in [0.1, 0.15) is 40.9 Å². The summed E-state index contributed by atoms with van der Waals surface area (Å²) in [5.41, 5.74) is 3.58. The average Bonchev–Trinajstić information content (AvgIpc) is 2.92. The van der Waals surface area contributed by atoms with Gasteiger partial charge in [-0.2, -0.15) is 0 Å². The Labute approximate surface area is 171 Å². The van der Waals surface area contributed by atoms with Crippen LogP contribution in [-0.4, -0.2) is 18.6 Å². The molecule has 3 aromatic rings. The highest BCUT2D eigenvalue weighted by Crippen LogP contribution is 2.54. The fraction of sp³-hybridized carbons (Fsp3) is 0.192. The molecule has 3 heteroatoms. The summed E-state index contributed by atoms with van der Waals surface area (Å²) < 4.78 is 6.78. The van der Waals surface area contributed by atoms with Crippen LogP contribution in [0.2, 0.25) is 0 Å². The fourth-order valence-corrected chi connectivity index (χ4v) is 4.72. The maximum absolute atomic E-state index is 13.3. The van der Waals surface area contributed by atoms with Crippen LogP contribution < -0.4 is 9.64 Å². The van der Waals surface area contributed by atoms with E-state index in [0.717, 1.165) is 11.3 Å². The first kappa shape index (κ1) is 17.7. The molecular formula is C26H23NO2. The van der Waals surface area contributed by atoms with Gasteiger partial charge in [-0.15, -0.1) is 0 Å². The molecule has 3 nitrogen and oxygen atoms in total. The highest BCUT2D eigenvalue weighted by Gasteiger charge is 2.57. The van der Waals surface area contributed by atoms with E-state index in [2.05, 4.69) is 62.2 Å². The Bertz CT molecular complexity index is 1150. The molecule has 0 saturated heterocycles. The van der Waals surface area contributed by atoms with Crippen molar-refractivity contribution in [3.05, 3.63) is 101 Å². The number of hydrogen-bond acceptors (Lipinski definition) is 3. The highest BCUT2D eigenvalue weighted by molar-refractivity contribution is 6.11. The van der Waals surface area contributed by atoms with Crippen LogP contribution in [0, 0.1) is 0 Å². The molecule has 0 bridgehead atoms. The number of nitrogens with zero attached hydrogens (tertiary/aromatic N) is 1. The zero-order chi connectivity index (χ0) is 20.2. The molecule has 0 amide bonds. The Morgan fingerprint density at radius 1 is 0.897 bits per heavy atom. The van der Waals surface area contributed by atoms with Crippen molar-refractivity contribution in [1.29, 1.82) is 0 Å². The summed E-state index contributed by atoms with van der Waals surface area (Å²) in [5.74, 6) is 0.625. The first-order valence-corrected chi connectivity index (χ1v) is 9.90. The molecule has 3 aromatic carbocycles. The number of ether oxygens (including phenoxy) is 1. The third-order valence-corrected chi connectivity index (χ3v) is 6.41. The number of benzene rings is 3. The van der Waals surface area contributed by atoms with E-state index in [9.17, 15) is 4.79 Å². The fourth-order valence-electron chi connectivity index (χ4n) is 4.72. The summed E-state index contributed by atoms with van der Waals surface area (Å²) >= 11 is 0. The Balaban J connectivity index is 1.65. The minimum atomic E-state index is -0.698. The standard InChI is InChI=1S/C26H23NO2/c1-25(2)21-14-7-8-15-22(21)27(3)26(25)17-16-19-12-9-13-20(24(19)29-26)23(28)18-10-5-4-6-11-18/h4-17H,1-3H3. The summed E-state index contributed by atoms with van der Waals surface area (Å²) in [7, 11) is 2.06. The van der Waals surface area contributed by atoms with E-state index in [1.54, 1.807) is 0 Å². The molecule has 1 unspecified atom stereocenters. The van der Waals surface area contributed by atoms with Crippen molar-refractivity contribution in [3.63, 3.8) is 0 Å². The van der Waals surface area contributed by atoms with Crippen LogP contribution >= 0.6 is 0 Å². The molecule has 0 aromatic heterocycles. The SMILES string of the molecule is CN1c2ccccc2C(C)(C)C12C=Cc1cccc(C(=O)c3ccccc3)c1O2. The quantitative estimate of drug-likeness (QED) is 0.553. The summed E-state index contributed by atoms with van der Waals surface area (Å²) in [4.78, 5) is 15.5. The molecule has 5 rings (SSSR count). The Kier molecular flexibility index (Phi) is 3.72. The van der Waals surface area contributed by atoms with Crippen molar-refractivity contribution in [1.82, 2.24) is 0 Å². The number of ketones is 1. The van der Waals surface area contributed by atoms with E-state index in [4.69, 9.17) is 4.74 Å². The molecule has 2 heterocycles. The van der Waals surface area contributed by atoms with Crippen LogP contribution in [0.4, 0.5) is 5.69 Å². The lowest BCUT2D eigenvalue weighted by Crippen LogP contribution is -2.58. The second-order valence-electron chi connectivity index (χ2n) is 8.25. The molecule has 0 saturated carbocycles. The van der Waals surface area contributed by atoms with Crippen LogP contribution in [0.5, 0.6) is 5.75 Å². The first-order chi connectivity index (χ1) is 14.0. The lowest BCUT2D eigenvalue weighted by atomic mass is 9.76. The van der Waals surface area contributed by atoms with Gasteiger partial charge in [-0.1, -0.05) is 60.7 Å². The van der Waals surface area contributed by atoms with E-state index in [1.165, 1.54) is 5.56 Å². The molecule has 0 fully saturated rings. The van der Waals surface area contributed by atoms with Gasteiger partial charge in [0.15, 0.2) is 5.78 Å². The van der Waals surface area contributed by atoms with Gasteiger partial charge in [0.2, 0.25) is 5.72 Å². The second-order valence-corrected chi connectivity index (χ2v) is 8.25. The minimum absolute atomic E-state index is 0.0242. The van der Waals surface area contributed by atoms with Gasteiger partial charge < -0.3 is 9.64 Å². The Morgan fingerprint density at radius 3 is 2.38 bits per heavy atom. The number of likely N-dealkylation sites (N-methyl/N-ethyl adjacent to an activating group) is 1. The van der Waals surface area contributed by atoms with Crippen LogP contribution in [0.15, 0.2) is 78.9 Å². The number of fused-ring (bicyclic) bond motifs is 2. The Hall–Kier alpha value is -3.33. The number of anilines is 1. The molecule has 2 aliphatic heterocycles. The summed E-state index contributed by atoms with van der Waals surface area (Å²) in [6, 6.07) is 23.5. The third kappa shape index (κ3) is 2.34. The van der Waals surface area contributed by atoms with Gasteiger partial charge >= 0.3 is 0 Å². The summed E-state index contributed by atoms with van der Waals surface area (Å²) in [6.07, 6.45) is 4.22. The predicted octanol–water partition coefficient (Wildman–Crippen LogP) is 5.45. The van der Waals surface area contributed by atoms with E-state index >= 15 is 0 Å². The second kappa shape index (κ2) is 6.08. The van der Waals surface area contributed by atoms with Crippen molar-refractivity contribution >= 4 is 17.5 Å². The first-order valence-electron chi connectivity index (χ1n) is 9.90. The molecule has 1 spiro atoms. The molecular weight excluding hydrogens is 358 g/mol. The van der Waals surface area contributed by atoms with Gasteiger partial charge in [0.1, 0.15) is 5.75 Å². The maximum atomic E-state index is 13.3. The number of carbonyl (C=O) groups is 1. The van der Waals surface area contributed by atoms with Gasteiger partial charge in [-0.05, 0) is 43.7 Å². The molecule has 29 heavy (non-hydrogen) atoms. The van der Waals surface area contributed by atoms with Gasteiger partial charge in [-0.3, -0.25) is 4.79 Å². The largest absolute Gasteiger partial charge is 0.462 e. The Morgan fingerprint density at radius 2 is 1.62 bits per heavy atom. The highest BCUT2D eigenvalue weighted by atomic mass is 16.5. The molecule has 2 aliphatic rings. The predicted molar refractivity (Wildman–Crippen MR) is 117 cm³/mol. The zero-order valence-corrected chi connectivity index (χ0v) is 16.8. The molecule has 0 radical (unpaired) electrons. The van der Waals surface area contributed by atoms with Crippen molar-refractivity contribution < 1.29 is 9.53 Å². The monoisotopic (exact) mass is 381 g/mol. The van der Waals surface area contributed by atoms with E-state index in [-0.39, 0.29) is 11.2 Å². The van der Waals surface area contributed by atoms with Crippen molar-refractivity contribution in [2.24, 2.45) is 0 Å². The summed E-state index contributed by atoms with van der Waals surface area (Å²) in [6.45, 7) is 4.40. The lowest BCUT2D eigenvalue weighted by Gasteiger charge is -2.46. The van der Waals surface area contributed by atoms with E-state index < -0.39 is 5.72 Å². The summed E-state index contributed by atoms with van der Waals surface area (Å²) in [5, 5.41) is 0. The van der Waals surface area contributed by atoms with Gasteiger partial charge in [0, 0.05) is 23.9 Å². The smallest absolute Gasteiger partial charge is 0.211 e. The third-order valence-electron chi connectivity index (χ3n) is 6.41. The molecule has 1 atom stereocenters.